The van der Waals surface area contributed by atoms with Gasteiger partial charge in [-0.15, -0.1) is 0 Å². The number of fused-ring (bicyclic) bond motifs is 2. The first kappa shape index (κ1) is 15.4. The van der Waals surface area contributed by atoms with Crippen molar-refractivity contribution in [1.82, 2.24) is 0 Å². The second-order valence-corrected chi connectivity index (χ2v) is 8.09. The number of nitrogens with one attached hydrogen (secondary N) is 2. The minimum absolute atomic E-state index is 0.926. The first-order chi connectivity index (χ1) is 11.3. The van der Waals surface area contributed by atoms with E-state index < -0.39 is 0 Å². The SMILES string of the molecule is CCc1ccc(C[NH+]2CC[NH+](C[C@H]3C[C@@H]4C=C[C@H]3C4)CC2)cc1. The fourth-order valence-corrected chi connectivity index (χ4v) is 5.02. The zero-order valence-corrected chi connectivity index (χ0v) is 14.6. The summed E-state index contributed by atoms with van der Waals surface area (Å²) in [6, 6.07) is 9.29. The highest BCUT2D eigenvalue weighted by Crippen LogP contribution is 2.42. The van der Waals surface area contributed by atoms with Gasteiger partial charge >= 0.3 is 0 Å². The molecule has 124 valence electrons. The summed E-state index contributed by atoms with van der Waals surface area (Å²) in [7, 11) is 0. The van der Waals surface area contributed by atoms with Crippen LogP contribution in [0.3, 0.4) is 0 Å². The number of rotatable bonds is 5. The molecule has 1 aromatic carbocycles. The second kappa shape index (κ2) is 6.78. The molecule has 2 N–H and O–H groups in total. The van der Waals surface area contributed by atoms with Gasteiger partial charge in [-0.3, -0.25) is 0 Å². The number of quaternary nitrogens is 2. The maximum absolute atomic E-state index is 2.51. The molecule has 2 fully saturated rings. The molecule has 1 aromatic rings. The van der Waals surface area contributed by atoms with Crippen LogP contribution in [0, 0.1) is 17.8 Å². The van der Waals surface area contributed by atoms with Gasteiger partial charge in [0.1, 0.15) is 32.7 Å². The van der Waals surface area contributed by atoms with Crippen molar-refractivity contribution in [2.45, 2.75) is 32.7 Å². The third-order valence-electron chi connectivity index (χ3n) is 6.52. The highest BCUT2D eigenvalue weighted by Gasteiger charge is 2.38. The van der Waals surface area contributed by atoms with Crippen LogP contribution in [0.15, 0.2) is 36.4 Å². The minimum atomic E-state index is 0.926. The molecule has 3 atom stereocenters. The lowest BCUT2D eigenvalue weighted by Gasteiger charge is -2.32. The predicted molar refractivity (Wildman–Crippen MR) is 94.6 cm³/mol. The summed E-state index contributed by atoms with van der Waals surface area (Å²) in [5, 5.41) is 0. The van der Waals surface area contributed by atoms with Crippen molar-refractivity contribution in [2.75, 3.05) is 32.7 Å². The van der Waals surface area contributed by atoms with Gasteiger partial charge < -0.3 is 9.80 Å². The first-order valence-electron chi connectivity index (χ1n) is 9.73. The Balaban J connectivity index is 1.23. The van der Waals surface area contributed by atoms with Gasteiger partial charge in [-0.1, -0.05) is 43.3 Å². The number of hydrogen-bond donors (Lipinski definition) is 2. The molecule has 0 radical (unpaired) electrons. The Morgan fingerprint density at radius 1 is 0.870 bits per heavy atom. The smallest absolute Gasteiger partial charge is 0.127 e. The van der Waals surface area contributed by atoms with E-state index in [1.165, 1.54) is 63.2 Å². The van der Waals surface area contributed by atoms with Gasteiger partial charge in [0.2, 0.25) is 0 Å². The molecule has 0 unspecified atom stereocenters. The van der Waals surface area contributed by atoms with Gasteiger partial charge in [0.05, 0.1) is 6.54 Å². The Kier molecular flexibility index (Phi) is 4.54. The minimum Gasteiger partial charge on any atom is -0.325 e. The number of hydrogen-bond acceptors (Lipinski definition) is 0. The van der Waals surface area contributed by atoms with E-state index in [9.17, 15) is 0 Å². The van der Waals surface area contributed by atoms with Gasteiger partial charge in [-0.25, -0.2) is 0 Å². The average molecular weight is 313 g/mol. The van der Waals surface area contributed by atoms with Gasteiger partial charge in [-0.2, -0.15) is 0 Å². The highest BCUT2D eigenvalue weighted by molar-refractivity contribution is 5.21. The van der Waals surface area contributed by atoms with Crippen molar-refractivity contribution in [1.29, 1.82) is 0 Å². The lowest BCUT2D eigenvalue weighted by atomic mass is 9.93. The molecular weight excluding hydrogens is 280 g/mol. The topological polar surface area (TPSA) is 8.88 Å². The summed E-state index contributed by atoms with van der Waals surface area (Å²) in [5.74, 6) is 2.85. The molecule has 1 heterocycles. The average Bonchev–Trinajstić information content (AvgIpc) is 3.20. The number of aryl methyl sites for hydroxylation is 1. The van der Waals surface area contributed by atoms with Crippen LogP contribution in [0.2, 0.25) is 0 Å². The van der Waals surface area contributed by atoms with Crippen LogP contribution >= 0.6 is 0 Å². The van der Waals surface area contributed by atoms with E-state index in [0.717, 1.165) is 24.2 Å². The molecule has 23 heavy (non-hydrogen) atoms. The summed E-state index contributed by atoms with van der Waals surface area (Å²) in [4.78, 5) is 3.66. The van der Waals surface area contributed by atoms with Crippen molar-refractivity contribution >= 4 is 0 Å². The van der Waals surface area contributed by atoms with Crippen LogP contribution in [0.1, 0.15) is 30.9 Å². The van der Waals surface area contributed by atoms with E-state index in [1.807, 2.05) is 4.90 Å². The van der Waals surface area contributed by atoms with Crippen LogP contribution in [-0.2, 0) is 13.0 Å². The first-order valence-corrected chi connectivity index (χ1v) is 9.73. The fourth-order valence-electron chi connectivity index (χ4n) is 5.02. The molecule has 2 heteroatoms. The summed E-state index contributed by atoms with van der Waals surface area (Å²) in [6.07, 6.45) is 9.07. The summed E-state index contributed by atoms with van der Waals surface area (Å²) >= 11 is 0. The van der Waals surface area contributed by atoms with E-state index in [4.69, 9.17) is 0 Å². The second-order valence-electron chi connectivity index (χ2n) is 8.09. The molecule has 4 rings (SSSR count). The molecule has 2 bridgehead atoms. The van der Waals surface area contributed by atoms with Gasteiger partial charge in [-0.05, 0) is 36.7 Å². The Hall–Kier alpha value is -1.12. The molecule has 1 saturated carbocycles. The summed E-state index contributed by atoms with van der Waals surface area (Å²) in [5.41, 5.74) is 2.97. The van der Waals surface area contributed by atoms with Crippen LogP contribution < -0.4 is 9.80 Å². The van der Waals surface area contributed by atoms with E-state index in [2.05, 4.69) is 43.3 Å². The van der Waals surface area contributed by atoms with E-state index >= 15 is 0 Å². The van der Waals surface area contributed by atoms with Crippen LogP contribution in [0.5, 0.6) is 0 Å². The molecule has 2 nitrogen and oxygen atoms in total. The van der Waals surface area contributed by atoms with Crippen LogP contribution in [0.4, 0.5) is 0 Å². The lowest BCUT2D eigenvalue weighted by Crippen LogP contribution is -3.27. The zero-order chi connectivity index (χ0) is 15.6. The van der Waals surface area contributed by atoms with Crippen molar-refractivity contribution in [3.05, 3.63) is 47.5 Å². The van der Waals surface area contributed by atoms with E-state index in [1.54, 1.807) is 4.90 Å². The molecule has 0 spiro atoms. The summed E-state index contributed by atoms with van der Waals surface area (Å²) < 4.78 is 0. The third-order valence-corrected chi connectivity index (χ3v) is 6.52. The summed E-state index contributed by atoms with van der Waals surface area (Å²) in [6.45, 7) is 10.3. The van der Waals surface area contributed by atoms with E-state index in [0.29, 0.717) is 0 Å². The molecule has 3 aliphatic rings. The van der Waals surface area contributed by atoms with Gasteiger partial charge in [0.25, 0.3) is 0 Å². The predicted octanol–water partition coefficient (Wildman–Crippen LogP) is 0.745. The number of allylic oxidation sites excluding steroid dienone is 2. The number of benzene rings is 1. The van der Waals surface area contributed by atoms with Crippen molar-refractivity contribution in [3.63, 3.8) is 0 Å². The fraction of sp³-hybridized carbons (Fsp3) is 0.619. The van der Waals surface area contributed by atoms with E-state index in [-0.39, 0.29) is 0 Å². The molecule has 1 aliphatic heterocycles. The standard InChI is InChI=1S/C21H30N2/c1-2-17-3-5-18(6-4-17)15-22-9-11-23(12-10-22)16-21-14-19-7-8-20(21)13-19/h3-8,19-21H,2,9-16H2,1H3/p+2/t19-,20+,21-/m1/s1. The Bertz CT molecular complexity index is 539. The molecule has 2 aliphatic carbocycles. The molecule has 0 aromatic heterocycles. The maximum atomic E-state index is 2.51. The lowest BCUT2D eigenvalue weighted by molar-refractivity contribution is -1.02. The Morgan fingerprint density at radius 3 is 2.17 bits per heavy atom. The van der Waals surface area contributed by atoms with Crippen LogP contribution in [-0.4, -0.2) is 32.7 Å². The molecule has 1 saturated heterocycles. The zero-order valence-electron chi connectivity index (χ0n) is 14.6. The van der Waals surface area contributed by atoms with Gasteiger partial charge in [0.15, 0.2) is 0 Å². The Labute approximate surface area is 141 Å². The van der Waals surface area contributed by atoms with Crippen LogP contribution in [0.25, 0.3) is 0 Å². The monoisotopic (exact) mass is 312 g/mol. The van der Waals surface area contributed by atoms with Crippen molar-refractivity contribution < 1.29 is 9.80 Å². The largest absolute Gasteiger partial charge is 0.325 e. The van der Waals surface area contributed by atoms with Gasteiger partial charge in [0, 0.05) is 11.5 Å². The quantitative estimate of drug-likeness (QED) is 0.743. The molecule has 0 amide bonds. The van der Waals surface area contributed by atoms with Crippen molar-refractivity contribution in [3.8, 4) is 0 Å². The molecular formula is C21H32N2+2. The number of piperazine rings is 1. The highest BCUT2D eigenvalue weighted by atomic mass is 15.3. The van der Waals surface area contributed by atoms with Crippen molar-refractivity contribution in [2.24, 2.45) is 17.8 Å². The Morgan fingerprint density at radius 2 is 1.57 bits per heavy atom. The normalized spacial score (nSPS) is 35.8. The third kappa shape index (κ3) is 3.54. The maximum Gasteiger partial charge on any atom is 0.127 e.